The van der Waals surface area contributed by atoms with Crippen LogP contribution in [0, 0.1) is 17.5 Å². The lowest BCUT2D eigenvalue weighted by Crippen LogP contribution is -2.26. The third-order valence-electron chi connectivity index (χ3n) is 2.36. The second kappa shape index (κ2) is 6.88. The highest BCUT2D eigenvalue weighted by atomic mass is 32.2. The Morgan fingerprint density at radius 1 is 1.05 bits per heavy atom. The summed E-state index contributed by atoms with van der Waals surface area (Å²) in [5.74, 6) is -4.13. The van der Waals surface area contributed by atoms with E-state index >= 15 is 0 Å². The molecular weight excluding hydrogens is 283 g/mol. The van der Waals surface area contributed by atoms with Crippen molar-refractivity contribution in [2.24, 2.45) is 0 Å². The predicted octanol–water partition coefficient (Wildman–Crippen LogP) is 1.54. The van der Waals surface area contributed by atoms with Gasteiger partial charge in [-0.15, -0.1) is 0 Å². The molecule has 0 bridgehead atoms. The standard InChI is InChI=1S/C11H14F3NO3S/c12-8-6-9(13)11(10(14)7-8)19(17,18)15-4-2-1-3-5-16/h6-7,15-16H,1-5H2. The molecule has 0 aliphatic rings. The Balaban J connectivity index is 2.78. The SMILES string of the molecule is O=S(=O)(NCCCCCO)c1c(F)cc(F)cc1F. The van der Waals surface area contributed by atoms with Crippen LogP contribution in [0.1, 0.15) is 19.3 Å². The molecule has 0 radical (unpaired) electrons. The second-order valence-electron chi connectivity index (χ2n) is 3.88. The van der Waals surface area contributed by atoms with Crippen molar-refractivity contribution in [2.75, 3.05) is 13.2 Å². The Hall–Kier alpha value is -1.12. The van der Waals surface area contributed by atoms with Gasteiger partial charge in [-0.25, -0.2) is 26.3 Å². The minimum absolute atomic E-state index is 0.00598. The van der Waals surface area contributed by atoms with Crippen LogP contribution in [0.15, 0.2) is 17.0 Å². The number of benzene rings is 1. The molecule has 0 aromatic heterocycles. The van der Waals surface area contributed by atoms with Gasteiger partial charge in [0.05, 0.1) is 0 Å². The molecule has 8 heteroatoms. The molecule has 108 valence electrons. The highest BCUT2D eigenvalue weighted by Gasteiger charge is 2.24. The van der Waals surface area contributed by atoms with E-state index in [-0.39, 0.29) is 13.2 Å². The van der Waals surface area contributed by atoms with Crippen molar-refractivity contribution in [2.45, 2.75) is 24.2 Å². The molecule has 0 amide bonds. The van der Waals surface area contributed by atoms with E-state index in [0.717, 1.165) is 0 Å². The maximum absolute atomic E-state index is 13.3. The summed E-state index contributed by atoms with van der Waals surface area (Å²) in [7, 11) is -4.35. The van der Waals surface area contributed by atoms with E-state index in [1.807, 2.05) is 4.72 Å². The third kappa shape index (κ3) is 4.48. The molecular formula is C11H14F3NO3S. The minimum Gasteiger partial charge on any atom is -0.396 e. The zero-order valence-electron chi connectivity index (χ0n) is 10.00. The topological polar surface area (TPSA) is 66.4 Å². The fraction of sp³-hybridized carbons (Fsp3) is 0.455. The molecule has 0 aliphatic heterocycles. The average molecular weight is 297 g/mol. The number of hydrogen-bond donors (Lipinski definition) is 2. The third-order valence-corrected chi connectivity index (χ3v) is 3.87. The molecule has 1 aromatic rings. The molecule has 4 nitrogen and oxygen atoms in total. The Kier molecular flexibility index (Phi) is 5.77. The van der Waals surface area contributed by atoms with Gasteiger partial charge in [-0.05, 0) is 19.3 Å². The Bertz CT molecular complexity index is 511. The lowest BCUT2D eigenvalue weighted by Gasteiger charge is -2.08. The Morgan fingerprint density at radius 3 is 2.16 bits per heavy atom. The minimum atomic E-state index is -4.35. The monoisotopic (exact) mass is 297 g/mol. The molecule has 0 fully saturated rings. The van der Waals surface area contributed by atoms with Crippen molar-refractivity contribution >= 4 is 10.0 Å². The van der Waals surface area contributed by atoms with Gasteiger partial charge in [0.15, 0.2) is 4.90 Å². The molecule has 0 spiro atoms. The van der Waals surface area contributed by atoms with Crippen LogP contribution in [-0.4, -0.2) is 26.7 Å². The smallest absolute Gasteiger partial charge is 0.246 e. The van der Waals surface area contributed by atoms with Crippen LogP contribution in [0.5, 0.6) is 0 Å². The van der Waals surface area contributed by atoms with Gasteiger partial charge in [0, 0.05) is 25.3 Å². The largest absolute Gasteiger partial charge is 0.396 e. The number of unbranched alkanes of at least 4 members (excludes halogenated alkanes) is 2. The summed E-state index contributed by atoms with van der Waals surface area (Å²) in [4.78, 5) is -1.18. The molecule has 0 unspecified atom stereocenters. The molecule has 2 N–H and O–H groups in total. The fourth-order valence-corrected chi connectivity index (χ4v) is 2.67. The molecule has 0 saturated heterocycles. The first-order chi connectivity index (χ1) is 8.88. The van der Waals surface area contributed by atoms with Crippen molar-refractivity contribution in [3.8, 4) is 0 Å². The van der Waals surface area contributed by atoms with E-state index in [9.17, 15) is 21.6 Å². The Labute approximate surface area is 109 Å². The number of nitrogens with one attached hydrogen (secondary N) is 1. The van der Waals surface area contributed by atoms with Crippen LogP contribution in [0.4, 0.5) is 13.2 Å². The van der Waals surface area contributed by atoms with Crippen LogP contribution in [-0.2, 0) is 10.0 Å². The molecule has 0 saturated carbocycles. The lowest BCUT2D eigenvalue weighted by atomic mass is 10.2. The van der Waals surface area contributed by atoms with E-state index in [1.54, 1.807) is 0 Å². The van der Waals surface area contributed by atoms with Crippen molar-refractivity contribution in [3.05, 3.63) is 29.6 Å². The summed E-state index contributed by atoms with van der Waals surface area (Å²) in [6, 6.07) is 0.618. The molecule has 0 atom stereocenters. The zero-order chi connectivity index (χ0) is 14.5. The van der Waals surface area contributed by atoms with E-state index in [1.165, 1.54) is 0 Å². The van der Waals surface area contributed by atoms with Crippen LogP contribution >= 0.6 is 0 Å². The number of aliphatic hydroxyl groups is 1. The van der Waals surface area contributed by atoms with Crippen LogP contribution in [0.25, 0.3) is 0 Å². The summed E-state index contributed by atoms with van der Waals surface area (Å²) >= 11 is 0. The quantitative estimate of drug-likeness (QED) is 0.750. The van der Waals surface area contributed by atoms with Crippen LogP contribution in [0.2, 0.25) is 0 Å². The maximum Gasteiger partial charge on any atom is 0.246 e. The number of hydrogen-bond acceptors (Lipinski definition) is 3. The van der Waals surface area contributed by atoms with Crippen LogP contribution < -0.4 is 4.72 Å². The first-order valence-corrected chi connectivity index (χ1v) is 7.12. The van der Waals surface area contributed by atoms with Gasteiger partial charge in [-0.3, -0.25) is 0 Å². The van der Waals surface area contributed by atoms with Gasteiger partial charge in [-0.2, -0.15) is 0 Å². The van der Waals surface area contributed by atoms with Crippen molar-refractivity contribution < 1.29 is 26.7 Å². The van der Waals surface area contributed by atoms with E-state index in [4.69, 9.17) is 5.11 Å². The summed E-state index contributed by atoms with van der Waals surface area (Å²) in [5, 5.41) is 8.53. The summed E-state index contributed by atoms with van der Waals surface area (Å²) in [6.45, 7) is -0.0213. The van der Waals surface area contributed by atoms with Gasteiger partial charge in [0.25, 0.3) is 0 Å². The lowest BCUT2D eigenvalue weighted by molar-refractivity contribution is 0.283. The van der Waals surface area contributed by atoms with Crippen LogP contribution in [0.3, 0.4) is 0 Å². The summed E-state index contributed by atoms with van der Waals surface area (Å²) < 4.78 is 64.6. The normalized spacial score (nSPS) is 11.8. The number of halogens is 3. The maximum atomic E-state index is 13.3. The fourth-order valence-electron chi connectivity index (χ4n) is 1.48. The highest BCUT2D eigenvalue weighted by molar-refractivity contribution is 7.89. The van der Waals surface area contributed by atoms with Crippen molar-refractivity contribution in [1.29, 1.82) is 0 Å². The van der Waals surface area contributed by atoms with Gasteiger partial charge in [-0.1, -0.05) is 0 Å². The van der Waals surface area contributed by atoms with E-state index in [0.29, 0.717) is 31.4 Å². The van der Waals surface area contributed by atoms with Gasteiger partial charge < -0.3 is 5.11 Å². The summed E-state index contributed by atoms with van der Waals surface area (Å²) in [5.41, 5.74) is 0. The van der Waals surface area contributed by atoms with Gasteiger partial charge in [0.2, 0.25) is 10.0 Å². The average Bonchev–Trinajstić information content (AvgIpc) is 2.26. The first kappa shape index (κ1) is 15.9. The molecule has 19 heavy (non-hydrogen) atoms. The van der Waals surface area contributed by atoms with Crippen molar-refractivity contribution in [3.63, 3.8) is 0 Å². The number of sulfonamides is 1. The van der Waals surface area contributed by atoms with Crippen molar-refractivity contribution in [1.82, 2.24) is 4.72 Å². The predicted molar refractivity (Wildman–Crippen MR) is 62.4 cm³/mol. The molecule has 0 heterocycles. The number of aliphatic hydroxyl groups excluding tert-OH is 1. The number of rotatable bonds is 7. The zero-order valence-corrected chi connectivity index (χ0v) is 10.8. The summed E-state index contributed by atoms with van der Waals surface area (Å²) in [6.07, 6.45) is 1.51. The molecule has 1 rings (SSSR count). The van der Waals surface area contributed by atoms with Gasteiger partial charge >= 0.3 is 0 Å². The van der Waals surface area contributed by atoms with Gasteiger partial charge in [0.1, 0.15) is 17.5 Å². The van der Waals surface area contributed by atoms with E-state index in [2.05, 4.69) is 0 Å². The molecule has 1 aromatic carbocycles. The Morgan fingerprint density at radius 2 is 1.63 bits per heavy atom. The second-order valence-corrected chi connectivity index (χ2v) is 5.58. The first-order valence-electron chi connectivity index (χ1n) is 5.63. The molecule has 0 aliphatic carbocycles. The highest BCUT2D eigenvalue weighted by Crippen LogP contribution is 2.19. The van der Waals surface area contributed by atoms with E-state index < -0.39 is 32.4 Å².